The Morgan fingerprint density at radius 2 is 1.52 bits per heavy atom. The van der Waals surface area contributed by atoms with Crippen molar-refractivity contribution in [1.29, 1.82) is 0 Å². The number of fused-ring (bicyclic) bond motifs is 5. The maximum absolute atomic E-state index is 14.9. The first-order valence-electron chi connectivity index (χ1n) is 15.3. The lowest BCUT2D eigenvalue weighted by Gasteiger charge is -2.37. The van der Waals surface area contributed by atoms with Crippen molar-refractivity contribution in [1.82, 2.24) is 0 Å². The molecule has 4 atom stereocenters. The molecule has 0 radical (unpaired) electrons. The molecule has 4 unspecified atom stereocenters. The quantitative estimate of drug-likeness (QED) is 0.156. The average Bonchev–Trinajstić information content (AvgIpc) is 3.53. The van der Waals surface area contributed by atoms with Crippen molar-refractivity contribution in [2.75, 3.05) is 10.2 Å². The van der Waals surface area contributed by atoms with Gasteiger partial charge in [0.05, 0.1) is 12.0 Å². The third kappa shape index (κ3) is 4.38. The molecular weight excluding hydrogens is 612 g/mol. The fourth-order valence-electron chi connectivity index (χ4n) is 7.50. The number of benzene rings is 4. The first kappa shape index (κ1) is 28.5. The first-order chi connectivity index (χ1) is 21.4. The number of rotatable bonds is 8. The smallest absolute Gasteiger partial charge is 0.238 e. The number of carbonyl (C=O) groups excluding carboxylic acids is 3. The van der Waals surface area contributed by atoms with Crippen LogP contribution in [0.3, 0.4) is 0 Å². The normalized spacial score (nSPS) is 22.8. The van der Waals surface area contributed by atoms with E-state index in [0.29, 0.717) is 22.4 Å². The second-order valence-electron chi connectivity index (χ2n) is 12.0. The minimum atomic E-state index is -1.45. The Labute approximate surface area is 266 Å². The van der Waals surface area contributed by atoms with Crippen LogP contribution in [0, 0.1) is 5.92 Å². The summed E-state index contributed by atoms with van der Waals surface area (Å²) >= 11 is 3.48. The van der Waals surface area contributed by atoms with E-state index in [2.05, 4.69) is 28.2 Å². The van der Waals surface area contributed by atoms with E-state index in [4.69, 9.17) is 0 Å². The van der Waals surface area contributed by atoms with E-state index < -0.39 is 23.4 Å². The predicted molar refractivity (Wildman–Crippen MR) is 178 cm³/mol. The van der Waals surface area contributed by atoms with Crippen molar-refractivity contribution in [3.63, 3.8) is 0 Å². The van der Waals surface area contributed by atoms with E-state index in [1.54, 1.807) is 12.1 Å². The molecule has 4 aromatic carbocycles. The minimum Gasteiger partial charge on any atom is -0.352 e. The largest absolute Gasteiger partial charge is 0.352 e. The third-order valence-electron chi connectivity index (χ3n) is 9.51. The van der Waals surface area contributed by atoms with E-state index in [0.717, 1.165) is 35.0 Å². The summed E-state index contributed by atoms with van der Waals surface area (Å²) in [5, 5.41) is 3.08. The van der Waals surface area contributed by atoms with Crippen LogP contribution in [0.1, 0.15) is 63.6 Å². The van der Waals surface area contributed by atoms with Crippen LogP contribution in [-0.2, 0) is 16.6 Å². The van der Waals surface area contributed by atoms with E-state index in [-0.39, 0.29) is 17.5 Å². The summed E-state index contributed by atoms with van der Waals surface area (Å²) in [5.74, 6) is -1.49. The molecule has 7 rings (SSSR count). The van der Waals surface area contributed by atoms with Crippen molar-refractivity contribution in [3.05, 3.63) is 135 Å². The zero-order valence-electron chi connectivity index (χ0n) is 24.5. The van der Waals surface area contributed by atoms with Crippen molar-refractivity contribution in [3.8, 4) is 0 Å². The molecule has 1 fully saturated rings. The van der Waals surface area contributed by atoms with Gasteiger partial charge in [0.15, 0.2) is 11.6 Å². The van der Waals surface area contributed by atoms with Gasteiger partial charge in [-0.2, -0.15) is 0 Å². The Hall–Kier alpha value is -4.29. The van der Waals surface area contributed by atoms with Crippen LogP contribution in [0.5, 0.6) is 0 Å². The van der Waals surface area contributed by atoms with Crippen LogP contribution in [0.4, 0.5) is 11.4 Å². The molecular formula is C38H33BrN2O3. The van der Waals surface area contributed by atoms with Crippen LogP contribution in [0.2, 0.25) is 0 Å². The van der Waals surface area contributed by atoms with Crippen LogP contribution >= 0.6 is 15.9 Å². The standard InChI is InChI=1S/C38H33BrN2O3/c1-2-3-4-9-24-14-16-26(17-15-24)34(42)33-32-23-20-25-10-5-8-13-31(25)41(32)36(35(43)27-18-21-28(39)22-19-27)38(33)29-11-6-7-12-30(29)40-37(38)44/h5-8,10-23,32-33,36H,2-4,9H2,1H3,(H,40,44). The van der Waals surface area contributed by atoms with Gasteiger partial charge in [-0.15, -0.1) is 0 Å². The van der Waals surface area contributed by atoms with Gasteiger partial charge in [-0.25, -0.2) is 0 Å². The second kappa shape index (κ2) is 11.3. The number of hydrogen-bond acceptors (Lipinski definition) is 4. The number of hydrogen-bond donors (Lipinski definition) is 1. The number of ketones is 2. The topological polar surface area (TPSA) is 66.5 Å². The maximum atomic E-state index is 14.9. The lowest BCUT2D eigenvalue weighted by molar-refractivity contribution is -0.121. The molecule has 1 amide bonds. The number of para-hydroxylation sites is 2. The van der Waals surface area contributed by atoms with Crippen LogP contribution in [0.15, 0.2) is 108 Å². The minimum absolute atomic E-state index is 0.137. The highest BCUT2D eigenvalue weighted by molar-refractivity contribution is 9.10. The van der Waals surface area contributed by atoms with Gasteiger partial charge in [0.1, 0.15) is 11.5 Å². The molecule has 1 spiro atoms. The molecule has 4 aromatic rings. The number of unbranched alkanes of at least 4 members (excludes halogenated alkanes) is 2. The molecule has 0 aliphatic carbocycles. The summed E-state index contributed by atoms with van der Waals surface area (Å²) in [6, 6.07) is 29.0. The van der Waals surface area contributed by atoms with Gasteiger partial charge in [-0.05, 0) is 53.8 Å². The SMILES string of the molecule is CCCCCc1ccc(C(=O)C2C3C=Cc4ccccc4N3C(C(=O)c3ccc(Br)cc3)C23C(=O)Nc2ccccc23)cc1. The summed E-state index contributed by atoms with van der Waals surface area (Å²) in [4.78, 5) is 46.4. The van der Waals surface area contributed by atoms with Gasteiger partial charge >= 0.3 is 0 Å². The maximum Gasteiger partial charge on any atom is 0.238 e. The molecule has 0 aromatic heterocycles. The van der Waals surface area contributed by atoms with Crippen molar-refractivity contribution < 1.29 is 14.4 Å². The van der Waals surface area contributed by atoms with E-state index in [1.807, 2.05) is 102 Å². The molecule has 1 N–H and O–H groups in total. The van der Waals surface area contributed by atoms with Gasteiger partial charge < -0.3 is 10.2 Å². The van der Waals surface area contributed by atoms with Gasteiger partial charge in [0, 0.05) is 27.0 Å². The summed E-state index contributed by atoms with van der Waals surface area (Å²) < 4.78 is 0.856. The highest BCUT2D eigenvalue weighted by atomic mass is 79.9. The highest BCUT2D eigenvalue weighted by Crippen LogP contribution is 2.58. The Morgan fingerprint density at radius 3 is 2.30 bits per heavy atom. The number of carbonyl (C=O) groups is 3. The fourth-order valence-corrected chi connectivity index (χ4v) is 7.77. The Balaban J connectivity index is 1.44. The highest BCUT2D eigenvalue weighted by Gasteiger charge is 2.70. The number of nitrogens with zero attached hydrogens (tertiary/aromatic N) is 1. The molecule has 6 heteroatoms. The molecule has 5 nitrogen and oxygen atoms in total. The Bertz CT molecular complexity index is 1800. The molecule has 3 heterocycles. The van der Waals surface area contributed by atoms with Crippen LogP contribution in [-0.4, -0.2) is 29.6 Å². The second-order valence-corrected chi connectivity index (χ2v) is 12.9. The molecule has 3 aliphatic heterocycles. The molecule has 44 heavy (non-hydrogen) atoms. The van der Waals surface area contributed by atoms with Crippen molar-refractivity contribution >= 4 is 50.9 Å². The van der Waals surface area contributed by atoms with Gasteiger partial charge in [-0.1, -0.05) is 121 Å². The lowest BCUT2D eigenvalue weighted by Crippen LogP contribution is -2.55. The number of anilines is 2. The van der Waals surface area contributed by atoms with Crippen LogP contribution in [0.25, 0.3) is 6.08 Å². The van der Waals surface area contributed by atoms with Gasteiger partial charge in [0.2, 0.25) is 5.91 Å². The summed E-state index contributed by atoms with van der Waals surface area (Å²) in [6.45, 7) is 2.19. The molecule has 0 saturated carbocycles. The number of Topliss-reactive ketones (excluding diaryl/α,β-unsaturated/α-hetero) is 2. The van der Waals surface area contributed by atoms with Gasteiger partial charge in [0.25, 0.3) is 0 Å². The summed E-state index contributed by atoms with van der Waals surface area (Å²) in [7, 11) is 0. The zero-order valence-corrected chi connectivity index (χ0v) is 26.1. The predicted octanol–water partition coefficient (Wildman–Crippen LogP) is 8.04. The molecule has 0 bridgehead atoms. The molecule has 3 aliphatic rings. The fraction of sp³-hybridized carbons (Fsp3) is 0.237. The monoisotopic (exact) mass is 644 g/mol. The van der Waals surface area contributed by atoms with Gasteiger partial charge in [-0.3, -0.25) is 14.4 Å². The van der Waals surface area contributed by atoms with E-state index in [9.17, 15) is 14.4 Å². The van der Waals surface area contributed by atoms with Crippen molar-refractivity contribution in [2.45, 2.75) is 50.1 Å². The van der Waals surface area contributed by atoms with E-state index >= 15 is 0 Å². The Morgan fingerprint density at radius 1 is 0.841 bits per heavy atom. The molecule has 220 valence electrons. The summed E-state index contributed by atoms with van der Waals surface area (Å²) in [6.07, 6.45) is 8.41. The van der Waals surface area contributed by atoms with E-state index in [1.165, 1.54) is 12.0 Å². The van der Waals surface area contributed by atoms with Crippen molar-refractivity contribution in [2.24, 2.45) is 5.92 Å². The lowest BCUT2D eigenvalue weighted by atomic mass is 9.63. The Kier molecular flexibility index (Phi) is 7.33. The number of halogens is 1. The number of aryl methyl sites for hydroxylation is 1. The zero-order chi connectivity index (χ0) is 30.4. The summed E-state index contributed by atoms with van der Waals surface area (Å²) in [5.41, 5.74) is 3.90. The number of nitrogens with one attached hydrogen (secondary N) is 1. The number of amides is 1. The first-order valence-corrected chi connectivity index (χ1v) is 16.1. The molecule has 1 saturated heterocycles. The van der Waals surface area contributed by atoms with Crippen LogP contribution < -0.4 is 10.2 Å². The average molecular weight is 646 g/mol. The third-order valence-corrected chi connectivity index (χ3v) is 10.0.